The number of hydrogen-bond donors (Lipinski definition) is 0. The maximum absolute atomic E-state index is 13.0. The summed E-state index contributed by atoms with van der Waals surface area (Å²) in [7, 11) is 0. The van der Waals surface area contributed by atoms with Gasteiger partial charge in [-0.1, -0.05) is 72.3 Å². The lowest BCUT2D eigenvalue weighted by atomic mass is 10.1. The number of anilines is 1. The van der Waals surface area contributed by atoms with Gasteiger partial charge in [-0.05, 0) is 36.8 Å². The first kappa shape index (κ1) is 17.6. The predicted molar refractivity (Wildman–Crippen MR) is 105 cm³/mol. The Morgan fingerprint density at radius 1 is 0.923 bits per heavy atom. The van der Waals surface area contributed by atoms with Crippen LogP contribution < -0.4 is 5.06 Å². The monoisotopic (exact) mass is 343 g/mol. The molecule has 3 heteroatoms. The lowest BCUT2D eigenvalue weighted by Crippen LogP contribution is -2.32. The van der Waals surface area contributed by atoms with E-state index in [-0.39, 0.29) is 5.91 Å². The van der Waals surface area contributed by atoms with E-state index >= 15 is 0 Å². The minimum atomic E-state index is -0.441. The van der Waals surface area contributed by atoms with Gasteiger partial charge in [-0.25, -0.2) is 0 Å². The maximum atomic E-state index is 13.0. The fourth-order valence-electron chi connectivity index (χ4n) is 2.60. The highest BCUT2D eigenvalue weighted by Gasteiger charge is 2.22. The van der Waals surface area contributed by atoms with Crippen molar-refractivity contribution >= 4 is 11.6 Å². The Kier molecular flexibility index (Phi) is 5.62. The van der Waals surface area contributed by atoms with Gasteiger partial charge in [0.15, 0.2) is 0 Å². The van der Waals surface area contributed by atoms with Crippen LogP contribution in [0.2, 0.25) is 0 Å². The summed E-state index contributed by atoms with van der Waals surface area (Å²) in [6.45, 7) is 5.91. The van der Waals surface area contributed by atoms with E-state index in [4.69, 9.17) is 4.84 Å². The van der Waals surface area contributed by atoms with Gasteiger partial charge in [0, 0.05) is 5.56 Å². The summed E-state index contributed by atoms with van der Waals surface area (Å²) < 4.78 is 0. The molecule has 0 bridgehead atoms. The first-order valence-electron chi connectivity index (χ1n) is 8.49. The zero-order valence-electron chi connectivity index (χ0n) is 14.7. The van der Waals surface area contributed by atoms with E-state index < -0.39 is 6.10 Å². The van der Waals surface area contributed by atoms with E-state index in [0.717, 1.165) is 11.1 Å². The van der Waals surface area contributed by atoms with E-state index in [2.05, 4.69) is 6.58 Å². The molecule has 0 spiro atoms. The predicted octanol–water partition coefficient (Wildman–Crippen LogP) is 5.50. The molecular weight excluding hydrogens is 322 g/mol. The summed E-state index contributed by atoms with van der Waals surface area (Å²) in [4.78, 5) is 19.1. The Bertz CT molecular complexity index is 858. The number of nitrogens with zero attached hydrogens (tertiary/aromatic N) is 1. The largest absolute Gasteiger partial charge is 0.282 e. The molecule has 3 aromatic rings. The molecule has 0 N–H and O–H groups in total. The Morgan fingerprint density at radius 3 is 2.08 bits per heavy atom. The highest BCUT2D eigenvalue weighted by atomic mass is 16.7. The van der Waals surface area contributed by atoms with Gasteiger partial charge in [-0.15, -0.1) is 6.58 Å². The quantitative estimate of drug-likeness (QED) is 0.437. The lowest BCUT2D eigenvalue weighted by Gasteiger charge is -2.26. The fourth-order valence-corrected chi connectivity index (χ4v) is 2.60. The second kappa shape index (κ2) is 8.28. The molecule has 0 aliphatic heterocycles. The van der Waals surface area contributed by atoms with Gasteiger partial charge in [0.05, 0.1) is 5.69 Å². The van der Waals surface area contributed by atoms with Crippen LogP contribution in [0.4, 0.5) is 5.69 Å². The van der Waals surface area contributed by atoms with Crippen molar-refractivity contribution in [3.05, 3.63) is 114 Å². The average molecular weight is 343 g/mol. The van der Waals surface area contributed by atoms with Gasteiger partial charge >= 0.3 is 0 Å². The van der Waals surface area contributed by atoms with E-state index in [1.165, 1.54) is 5.06 Å². The van der Waals surface area contributed by atoms with Gasteiger partial charge in [0.1, 0.15) is 6.10 Å². The molecule has 0 aromatic heterocycles. The van der Waals surface area contributed by atoms with E-state index in [1.807, 2.05) is 79.7 Å². The highest BCUT2D eigenvalue weighted by molar-refractivity contribution is 6.04. The molecule has 0 fully saturated rings. The second-order valence-corrected chi connectivity index (χ2v) is 5.97. The molecule has 3 aromatic carbocycles. The van der Waals surface area contributed by atoms with Crippen molar-refractivity contribution in [2.24, 2.45) is 0 Å². The normalized spacial score (nSPS) is 11.6. The topological polar surface area (TPSA) is 29.5 Å². The second-order valence-electron chi connectivity index (χ2n) is 5.97. The third-order valence-electron chi connectivity index (χ3n) is 4.03. The first-order chi connectivity index (χ1) is 12.7. The van der Waals surface area contributed by atoms with Crippen LogP contribution in [0.25, 0.3) is 0 Å². The number of para-hydroxylation sites is 1. The maximum Gasteiger partial charge on any atom is 0.282 e. The molecule has 3 nitrogen and oxygen atoms in total. The van der Waals surface area contributed by atoms with Gasteiger partial charge in [-0.3, -0.25) is 9.63 Å². The van der Waals surface area contributed by atoms with Crippen LogP contribution in [0.3, 0.4) is 0 Å². The van der Waals surface area contributed by atoms with Gasteiger partial charge in [0.25, 0.3) is 5.91 Å². The van der Waals surface area contributed by atoms with Crippen molar-refractivity contribution < 1.29 is 9.63 Å². The highest BCUT2D eigenvalue weighted by Crippen LogP contribution is 2.26. The first-order valence-corrected chi connectivity index (χ1v) is 8.49. The fraction of sp³-hybridized carbons (Fsp3) is 0.0870. The number of hydroxylamine groups is 1. The van der Waals surface area contributed by atoms with Crippen molar-refractivity contribution in [3.8, 4) is 0 Å². The molecule has 0 aliphatic carbocycles. The lowest BCUT2D eigenvalue weighted by molar-refractivity contribution is 0.0453. The van der Waals surface area contributed by atoms with Crippen LogP contribution in [-0.4, -0.2) is 5.91 Å². The molecule has 0 saturated heterocycles. The number of aryl methyl sites for hydroxylation is 1. The molecule has 0 aliphatic rings. The summed E-state index contributed by atoms with van der Waals surface area (Å²) in [5, 5.41) is 1.33. The van der Waals surface area contributed by atoms with Gasteiger partial charge < -0.3 is 0 Å². The summed E-state index contributed by atoms with van der Waals surface area (Å²) in [6.07, 6.45) is 1.25. The molecule has 26 heavy (non-hydrogen) atoms. The zero-order chi connectivity index (χ0) is 18.4. The molecule has 0 unspecified atom stereocenters. The van der Waals surface area contributed by atoms with Crippen LogP contribution in [0, 0.1) is 6.92 Å². The Balaban J connectivity index is 1.94. The Labute approximate surface area is 154 Å². The molecule has 0 saturated carbocycles. The van der Waals surface area contributed by atoms with Crippen LogP contribution in [-0.2, 0) is 4.84 Å². The average Bonchev–Trinajstić information content (AvgIpc) is 2.71. The molecule has 130 valence electrons. The molecule has 0 radical (unpaired) electrons. The smallest absolute Gasteiger partial charge is 0.266 e. The van der Waals surface area contributed by atoms with Crippen LogP contribution >= 0.6 is 0 Å². The van der Waals surface area contributed by atoms with Gasteiger partial charge in [0.2, 0.25) is 0 Å². The molecular formula is C23H21NO2. The van der Waals surface area contributed by atoms with Crippen LogP contribution in [0.5, 0.6) is 0 Å². The molecule has 1 amide bonds. The van der Waals surface area contributed by atoms with Crippen molar-refractivity contribution in [3.63, 3.8) is 0 Å². The van der Waals surface area contributed by atoms with Crippen LogP contribution in [0.15, 0.2) is 97.6 Å². The van der Waals surface area contributed by atoms with Crippen molar-refractivity contribution in [2.75, 3.05) is 5.06 Å². The number of benzene rings is 3. The van der Waals surface area contributed by atoms with E-state index in [9.17, 15) is 4.79 Å². The zero-order valence-corrected chi connectivity index (χ0v) is 14.7. The van der Waals surface area contributed by atoms with E-state index in [0.29, 0.717) is 11.3 Å². The van der Waals surface area contributed by atoms with E-state index in [1.54, 1.807) is 18.2 Å². The van der Waals surface area contributed by atoms with Crippen molar-refractivity contribution in [1.82, 2.24) is 0 Å². The van der Waals surface area contributed by atoms with Crippen LogP contribution in [0.1, 0.15) is 27.6 Å². The molecule has 1 atom stereocenters. The van der Waals surface area contributed by atoms with Gasteiger partial charge in [-0.2, -0.15) is 5.06 Å². The molecule has 0 heterocycles. The number of amides is 1. The SMILES string of the molecule is C=C[C@H](ON(C(=O)c1ccccc1)c1ccccc1)c1ccc(C)cc1. The summed E-state index contributed by atoms with van der Waals surface area (Å²) in [5.41, 5.74) is 3.33. The standard InChI is InChI=1S/C23H21NO2/c1-3-22(19-16-14-18(2)15-17-19)26-24(21-12-8-5-9-13-21)23(25)20-10-6-4-7-11-20/h3-17,22H,1H2,2H3/t22-/m0/s1. The third kappa shape index (κ3) is 4.08. The van der Waals surface area contributed by atoms with Crippen molar-refractivity contribution in [2.45, 2.75) is 13.0 Å². The number of hydrogen-bond acceptors (Lipinski definition) is 2. The Morgan fingerprint density at radius 2 is 1.50 bits per heavy atom. The third-order valence-corrected chi connectivity index (χ3v) is 4.03. The number of carbonyl (C=O) groups is 1. The summed E-state index contributed by atoms with van der Waals surface area (Å²) in [6, 6.07) is 26.4. The Hall–Kier alpha value is -3.17. The number of rotatable bonds is 6. The minimum absolute atomic E-state index is 0.226. The summed E-state index contributed by atoms with van der Waals surface area (Å²) >= 11 is 0. The number of carbonyl (C=O) groups excluding carboxylic acids is 1. The minimum Gasteiger partial charge on any atom is -0.266 e. The summed E-state index contributed by atoms with van der Waals surface area (Å²) in [5.74, 6) is -0.226. The van der Waals surface area contributed by atoms with Crippen molar-refractivity contribution in [1.29, 1.82) is 0 Å². The molecule has 3 rings (SSSR count).